The van der Waals surface area contributed by atoms with Crippen LogP contribution in [0.1, 0.15) is 30.4 Å². The Labute approximate surface area is 218 Å². The summed E-state index contributed by atoms with van der Waals surface area (Å²) in [5, 5.41) is 4.95. The molecule has 206 valence electrons. The Morgan fingerprint density at radius 1 is 1.00 bits per heavy atom. The van der Waals surface area contributed by atoms with Crippen molar-refractivity contribution in [2.45, 2.75) is 49.3 Å². The molecule has 9 nitrogen and oxygen atoms in total. The SMILES string of the molecule is NC(=O)C(C[C@@H]1CCCN1)[C@H](Cc1ccccc1)C(=O)NS(=O)(=O)c1ccc(CNC(=O)C(F)(F)F)cc1. The Kier molecular flexibility index (Phi) is 9.50. The van der Waals surface area contributed by atoms with E-state index in [1.165, 1.54) is 12.1 Å². The van der Waals surface area contributed by atoms with Gasteiger partial charge in [-0.1, -0.05) is 42.5 Å². The lowest BCUT2D eigenvalue weighted by atomic mass is 9.81. The Morgan fingerprint density at radius 2 is 1.66 bits per heavy atom. The summed E-state index contributed by atoms with van der Waals surface area (Å²) < 4.78 is 65.0. The Morgan fingerprint density at radius 3 is 2.21 bits per heavy atom. The number of benzene rings is 2. The minimum absolute atomic E-state index is 0.0273. The zero-order valence-electron chi connectivity index (χ0n) is 20.3. The van der Waals surface area contributed by atoms with Gasteiger partial charge in [-0.2, -0.15) is 13.2 Å². The molecule has 1 saturated heterocycles. The van der Waals surface area contributed by atoms with Gasteiger partial charge < -0.3 is 16.4 Å². The Hall–Kier alpha value is -3.45. The highest BCUT2D eigenvalue weighted by Gasteiger charge is 2.38. The Bertz CT molecular complexity index is 1230. The zero-order valence-corrected chi connectivity index (χ0v) is 21.1. The van der Waals surface area contributed by atoms with Crippen LogP contribution in [0.4, 0.5) is 13.2 Å². The maximum atomic E-state index is 13.3. The van der Waals surface area contributed by atoms with Crippen molar-refractivity contribution in [3.8, 4) is 0 Å². The highest BCUT2D eigenvalue weighted by Crippen LogP contribution is 2.26. The molecule has 2 aromatic carbocycles. The van der Waals surface area contributed by atoms with E-state index >= 15 is 0 Å². The number of hydrogen-bond acceptors (Lipinski definition) is 6. The molecule has 3 atom stereocenters. The number of primary amides is 1. The number of carbonyl (C=O) groups excluding carboxylic acids is 3. The maximum Gasteiger partial charge on any atom is 0.471 e. The molecule has 3 rings (SSSR count). The van der Waals surface area contributed by atoms with E-state index in [1.54, 1.807) is 35.6 Å². The lowest BCUT2D eigenvalue weighted by Gasteiger charge is -2.26. The number of carbonyl (C=O) groups is 3. The van der Waals surface area contributed by atoms with Gasteiger partial charge in [0.05, 0.1) is 16.7 Å². The van der Waals surface area contributed by atoms with Crippen LogP contribution in [0.15, 0.2) is 59.5 Å². The van der Waals surface area contributed by atoms with Crippen LogP contribution in [0.25, 0.3) is 0 Å². The summed E-state index contributed by atoms with van der Waals surface area (Å²) in [5.41, 5.74) is 6.62. The summed E-state index contributed by atoms with van der Waals surface area (Å²) in [7, 11) is -4.39. The summed E-state index contributed by atoms with van der Waals surface area (Å²) in [4.78, 5) is 36.4. The van der Waals surface area contributed by atoms with Crippen molar-refractivity contribution in [1.29, 1.82) is 0 Å². The summed E-state index contributed by atoms with van der Waals surface area (Å²) in [6.45, 7) is 0.301. The van der Waals surface area contributed by atoms with Gasteiger partial charge in [-0.25, -0.2) is 13.1 Å². The molecule has 0 bridgehead atoms. The maximum absolute atomic E-state index is 13.3. The van der Waals surface area contributed by atoms with Crippen molar-refractivity contribution in [1.82, 2.24) is 15.4 Å². The van der Waals surface area contributed by atoms with E-state index in [4.69, 9.17) is 5.73 Å². The third-order valence-electron chi connectivity index (χ3n) is 6.37. The normalized spacial score (nSPS) is 17.4. The van der Waals surface area contributed by atoms with E-state index in [9.17, 15) is 36.0 Å². The minimum atomic E-state index is -5.04. The molecule has 5 N–H and O–H groups in total. The van der Waals surface area contributed by atoms with Crippen LogP contribution in [0.3, 0.4) is 0 Å². The standard InChI is InChI=1S/C25H29F3N4O5S/c26-25(27,28)24(35)31-15-17-8-10-19(11-9-17)38(36,37)32-23(34)21(13-16-5-2-1-3-6-16)20(22(29)33)14-18-7-4-12-30-18/h1-3,5-6,8-11,18,20-21,30H,4,7,12-15H2,(H2,29,33)(H,31,35)(H,32,34)/t18-,20?,21-/m0/s1. The number of amides is 3. The fourth-order valence-corrected chi connectivity index (χ4v) is 5.39. The van der Waals surface area contributed by atoms with E-state index < -0.39 is 52.3 Å². The van der Waals surface area contributed by atoms with Crippen molar-refractivity contribution in [3.63, 3.8) is 0 Å². The van der Waals surface area contributed by atoms with E-state index in [-0.39, 0.29) is 29.3 Å². The molecule has 1 unspecified atom stereocenters. The van der Waals surface area contributed by atoms with Crippen molar-refractivity contribution in [3.05, 3.63) is 65.7 Å². The number of nitrogens with one attached hydrogen (secondary N) is 3. The largest absolute Gasteiger partial charge is 0.471 e. The van der Waals surface area contributed by atoms with Crippen molar-refractivity contribution < 1.29 is 36.0 Å². The molecule has 13 heteroatoms. The quantitative estimate of drug-likeness (QED) is 0.333. The summed E-state index contributed by atoms with van der Waals surface area (Å²) >= 11 is 0. The van der Waals surface area contributed by atoms with E-state index in [2.05, 4.69) is 5.32 Å². The molecule has 3 amide bonds. The number of sulfonamides is 1. The average molecular weight is 555 g/mol. The topological polar surface area (TPSA) is 147 Å². The van der Waals surface area contributed by atoms with Gasteiger partial charge in [0.15, 0.2) is 0 Å². The van der Waals surface area contributed by atoms with Crippen molar-refractivity contribution in [2.24, 2.45) is 17.6 Å². The highest BCUT2D eigenvalue weighted by molar-refractivity contribution is 7.90. The number of rotatable bonds is 11. The first-order valence-electron chi connectivity index (χ1n) is 11.9. The van der Waals surface area contributed by atoms with Crippen LogP contribution in [0.5, 0.6) is 0 Å². The lowest BCUT2D eigenvalue weighted by molar-refractivity contribution is -0.173. The first-order valence-corrected chi connectivity index (χ1v) is 13.4. The molecule has 0 radical (unpaired) electrons. The van der Waals surface area contributed by atoms with Crippen LogP contribution < -0.4 is 21.1 Å². The van der Waals surface area contributed by atoms with Crippen LogP contribution in [0, 0.1) is 11.8 Å². The average Bonchev–Trinajstić information content (AvgIpc) is 3.38. The molecule has 38 heavy (non-hydrogen) atoms. The smallest absolute Gasteiger partial charge is 0.369 e. The fourth-order valence-electron chi connectivity index (χ4n) is 4.36. The molecule has 0 saturated carbocycles. The van der Waals surface area contributed by atoms with E-state index in [1.807, 2.05) is 4.72 Å². The van der Waals surface area contributed by atoms with Gasteiger partial charge in [0.1, 0.15) is 0 Å². The predicted molar refractivity (Wildman–Crippen MR) is 132 cm³/mol. The molecular formula is C25H29F3N4O5S. The molecule has 1 fully saturated rings. The summed E-state index contributed by atoms with van der Waals surface area (Å²) in [6.07, 6.45) is -2.97. The van der Waals surface area contributed by atoms with Gasteiger partial charge in [0, 0.05) is 12.6 Å². The number of alkyl halides is 3. The predicted octanol–water partition coefficient (Wildman–Crippen LogP) is 1.77. The van der Waals surface area contributed by atoms with E-state index in [0.717, 1.165) is 37.1 Å². The van der Waals surface area contributed by atoms with E-state index in [0.29, 0.717) is 0 Å². The molecule has 0 aromatic heterocycles. The number of hydrogen-bond donors (Lipinski definition) is 4. The number of nitrogens with two attached hydrogens (primary N) is 1. The first-order chi connectivity index (χ1) is 17.9. The van der Waals surface area contributed by atoms with Crippen LogP contribution in [0.2, 0.25) is 0 Å². The van der Waals surface area contributed by atoms with Gasteiger partial charge in [-0.05, 0) is 55.5 Å². The van der Waals surface area contributed by atoms with Crippen LogP contribution in [-0.2, 0) is 37.4 Å². The highest BCUT2D eigenvalue weighted by atomic mass is 32.2. The second kappa shape index (κ2) is 12.4. The molecule has 2 aromatic rings. The lowest BCUT2D eigenvalue weighted by Crippen LogP contribution is -2.45. The first kappa shape index (κ1) is 29.1. The van der Waals surface area contributed by atoms with Crippen molar-refractivity contribution >= 4 is 27.7 Å². The van der Waals surface area contributed by atoms with Crippen LogP contribution in [-0.4, -0.2) is 44.9 Å². The molecule has 1 aliphatic rings. The monoisotopic (exact) mass is 554 g/mol. The van der Waals surface area contributed by atoms with Crippen molar-refractivity contribution in [2.75, 3.05) is 6.54 Å². The molecule has 1 heterocycles. The van der Waals surface area contributed by atoms with Gasteiger partial charge in [0.25, 0.3) is 10.0 Å². The van der Waals surface area contributed by atoms with Gasteiger partial charge in [-0.3, -0.25) is 14.4 Å². The second-order valence-corrected chi connectivity index (χ2v) is 10.8. The molecular weight excluding hydrogens is 525 g/mol. The zero-order chi connectivity index (χ0) is 27.9. The van der Waals surface area contributed by atoms with Gasteiger partial charge >= 0.3 is 12.1 Å². The minimum Gasteiger partial charge on any atom is -0.369 e. The van der Waals surface area contributed by atoms with Crippen LogP contribution >= 0.6 is 0 Å². The molecule has 0 aliphatic carbocycles. The third kappa shape index (κ3) is 8.02. The summed E-state index contributed by atoms with van der Waals surface area (Å²) in [6, 6.07) is 13.4. The third-order valence-corrected chi connectivity index (χ3v) is 7.73. The molecule has 1 aliphatic heterocycles. The second-order valence-electron chi connectivity index (χ2n) is 9.13. The van der Waals surface area contributed by atoms with Gasteiger partial charge in [-0.15, -0.1) is 0 Å². The molecule has 0 spiro atoms. The Balaban J connectivity index is 1.77. The summed E-state index contributed by atoms with van der Waals surface area (Å²) in [5.74, 6) is -5.72. The fraction of sp³-hybridized carbons (Fsp3) is 0.400. The number of halogens is 3. The van der Waals surface area contributed by atoms with Gasteiger partial charge in [0.2, 0.25) is 11.8 Å².